The summed E-state index contributed by atoms with van der Waals surface area (Å²) in [4.78, 5) is 4.18. The molecular formula is C13H20FN3. The fourth-order valence-corrected chi connectivity index (χ4v) is 1.40. The second-order valence-electron chi connectivity index (χ2n) is 3.92. The molecule has 17 heavy (non-hydrogen) atoms. The third kappa shape index (κ3) is 5.90. The number of unbranched alkanes of at least 4 members (excludes halogenated alkanes) is 1. The molecule has 0 unspecified atom stereocenters. The smallest absolute Gasteiger partial charge is 0.188 e. The maximum absolute atomic E-state index is 12.7. The van der Waals surface area contributed by atoms with Crippen molar-refractivity contribution in [3.05, 3.63) is 35.6 Å². The van der Waals surface area contributed by atoms with Crippen molar-refractivity contribution < 1.29 is 4.39 Å². The van der Waals surface area contributed by atoms with E-state index in [-0.39, 0.29) is 5.82 Å². The lowest BCUT2D eigenvalue weighted by Gasteiger charge is -2.05. The van der Waals surface area contributed by atoms with Crippen LogP contribution in [0, 0.1) is 5.82 Å². The Kier molecular flexibility index (Phi) is 6.07. The number of guanidine groups is 1. The molecule has 94 valence electrons. The zero-order chi connectivity index (χ0) is 12.5. The quantitative estimate of drug-likeness (QED) is 0.452. The molecule has 0 saturated heterocycles. The van der Waals surface area contributed by atoms with Crippen molar-refractivity contribution in [1.29, 1.82) is 0 Å². The highest BCUT2D eigenvalue weighted by Gasteiger charge is 1.95. The lowest BCUT2D eigenvalue weighted by Crippen LogP contribution is -2.33. The highest BCUT2D eigenvalue weighted by Crippen LogP contribution is 2.02. The molecule has 0 aromatic heterocycles. The molecule has 0 bridgehead atoms. The first kappa shape index (κ1) is 13.5. The van der Waals surface area contributed by atoms with E-state index < -0.39 is 0 Å². The van der Waals surface area contributed by atoms with Gasteiger partial charge in [0.1, 0.15) is 5.82 Å². The fourth-order valence-electron chi connectivity index (χ4n) is 1.40. The summed E-state index contributed by atoms with van der Waals surface area (Å²) in [5.41, 5.74) is 6.77. The van der Waals surface area contributed by atoms with E-state index in [0.717, 1.165) is 31.4 Å². The van der Waals surface area contributed by atoms with Crippen molar-refractivity contribution in [3.8, 4) is 0 Å². The van der Waals surface area contributed by atoms with Crippen LogP contribution in [-0.2, 0) is 6.42 Å². The first-order valence-electron chi connectivity index (χ1n) is 6.00. The summed E-state index contributed by atoms with van der Waals surface area (Å²) < 4.78 is 12.7. The third-order valence-corrected chi connectivity index (χ3v) is 2.43. The minimum atomic E-state index is -0.206. The van der Waals surface area contributed by atoms with Gasteiger partial charge in [-0.05, 0) is 30.5 Å². The molecule has 0 amide bonds. The normalized spacial score (nSPS) is 11.5. The van der Waals surface area contributed by atoms with E-state index in [0.29, 0.717) is 12.5 Å². The standard InChI is InChI=1S/C13H20FN3/c1-2-3-9-16-13(15)17-10-8-11-4-6-12(14)7-5-11/h4-7H,2-3,8-10H2,1H3,(H3,15,16,17). The topological polar surface area (TPSA) is 50.4 Å². The summed E-state index contributed by atoms with van der Waals surface area (Å²) in [6.45, 7) is 3.60. The number of rotatable bonds is 6. The predicted octanol–water partition coefficient (Wildman–Crippen LogP) is 2.07. The van der Waals surface area contributed by atoms with Gasteiger partial charge in [0.2, 0.25) is 0 Å². The van der Waals surface area contributed by atoms with Gasteiger partial charge >= 0.3 is 0 Å². The Hall–Kier alpha value is -1.58. The van der Waals surface area contributed by atoms with E-state index in [2.05, 4.69) is 17.2 Å². The molecular weight excluding hydrogens is 217 g/mol. The van der Waals surface area contributed by atoms with Crippen molar-refractivity contribution in [2.45, 2.75) is 26.2 Å². The van der Waals surface area contributed by atoms with Crippen LogP contribution >= 0.6 is 0 Å². The number of nitrogens with one attached hydrogen (secondary N) is 1. The van der Waals surface area contributed by atoms with E-state index >= 15 is 0 Å². The van der Waals surface area contributed by atoms with Gasteiger partial charge in [-0.1, -0.05) is 25.5 Å². The van der Waals surface area contributed by atoms with E-state index in [1.807, 2.05) is 0 Å². The molecule has 0 aliphatic carbocycles. The lowest BCUT2D eigenvalue weighted by atomic mass is 10.1. The minimum absolute atomic E-state index is 0.206. The molecule has 0 fully saturated rings. The van der Waals surface area contributed by atoms with Crippen molar-refractivity contribution in [3.63, 3.8) is 0 Å². The Morgan fingerprint density at radius 3 is 2.71 bits per heavy atom. The molecule has 3 N–H and O–H groups in total. The molecule has 0 aliphatic heterocycles. The van der Waals surface area contributed by atoms with E-state index in [9.17, 15) is 4.39 Å². The molecule has 0 spiro atoms. The number of halogens is 1. The van der Waals surface area contributed by atoms with Crippen molar-refractivity contribution in [1.82, 2.24) is 5.32 Å². The average molecular weight is 237 g/mol. The Labute approximate surface area is 102 Å². The van der Waals surface area contributed by atoms with Gasteiger partial charge in [-0.25, -0.2) is 4.39 Å². The van der Waals surface area contributed by atoms with E-state index in [1.165, 1.54) is 12.1 Å². The lowest BCUT2D eigenvalue weighted by molar-refractivity contribution is 0.627. The van der Waals surface area contributed by atoms with E-state index in [4.69, 9.17) is 5.73 Å². The second-order valence-corrected chi connectivity index (χ2v) is 3.92. The zero-order valence-electron chi connectivity index (χ0n) is 10.2. The van der Waals surface area contributed by atoms with Gasteiger partial charge in [-0.15, -0.1) is 0 Å². The van der Waals surface area contributed by atoms with Crippen LogP contribution in [0.4, 0.5) is 4.39 Å². The van der Waals surface area contributed by atoms with Gasteiger partial charge in [0, 0.05) is 13.1 Å². The molecule has 0 saturated carbocycles. The van der Waals surface area contributed by atoms with Gasteiger partial charge in [0.05, 0.1) is 0 Å². The maximum atomic E-state index is 12.7. The first-order valence-corrected chi connectivity index (χ1v) is 6.00. The number of nitrogens with zero attached hydrogens (tertiary/aromatic N) is 1. The highest BCUT2D eigenvalue weighted by atomic mass is 19.1. The molecule has 0 aliphatic rings. The van der Waals surface area contributed by atoms with Crippen molar-refractivity contribution in [2.75, 3.05) is 13.1 Å². The number of hydrogen-bond acceptors (Lipinski definition) is 1. The number of nitrogens with two attached hydrogens (primary N) is 1. The summed E-state index contributed by atoms with van der Waals surface area (Å²) >= 11 is 0. The number of benzene rings is 1. The molecule has 0 radical (unpaired) electrons. The molecule has 3 nitrogen and oxygen atoms in total. The van der Waals surface area contributed by atoms with Crippen LogP contribution in [0.3, 0.4) is 0 Å². The highest BCUT2D eigenvalue weighted by molar-refractivity contribution is 5.77. The van der Waals surface area contributed by atoms with Crippen molar-refractivity contribution in [2.24, 2.45) is 10.7 Å². The van der Waals surface area contributed by atoms with Crippen LogP contribution in [0.5, 0.6) is 0 Å². The number of aliphatic imine (C=N–C) groups is 1. The Balaban J connectivity index is 2.23. The largest absolute Gasteiger partial charge is 0.370 e. The molecule has 0 heterocycles. The summed E-state index contributed by atoms with van der Waals surface area (Å²) in [7, 11) is 0. The summed E-state index contributed by atoms with van der Waals surface area (Å²) in [5, 5.41) is 3.04. The van der Waals surface area contributed by atoms with Crippen LogP contribution < -0.4 is 11.1 Å². The van der Waals surface area contributed by atoms with Crippen LogP contribution in [0.15, 0.2) is 29.3 Å². The van der Waals surface area contributed by atoms with Crippen LogP contribution in [0.1, 0.15) is 25.3 Å². The van der Waals surface area contributed by atoms with E-state index in [1.54, 1.807) is 12.1 Å². The summed E-state index contributed by atoms with van der Waals surface area (Å²) in [6.07, 6.45) is 2.98. The molecule has 4 heteroatoms. The molecule has 0 atom stereocenters. The van der Waals surface area contributed by atoms with Gasteiger partial charge in [0.25, 0.3) is 0 Å². The number of hydrogen-bond donors (Lipinski definition) is 2. The SMILES string of the molecule is CCCCN=C(N)NCCc1ccc(F)cc1. The Bertz CT molecular complexity index is 346. The predicted molar refractivity (Wildman–Crippen MR) is 69.5 cm³/mol. The zero-order valence-corrected chi connectivity index (χ0v) is 10.2. The van der Waals surface area contributed by atoms with Gasteiger partial charge in [-0.2, -0.15) is 0 Å². The first-order chi connectivity index (χ1) is 8.22. The minimum Gasteiger partial charge on any atom is -0.370 e. The second kappa shape index (κ2) is 7.65. The summed E-state index contributed by atoms with van der Waals surface area (Å²) in [5.74, 6) is 0.280. The van der Waals surface area contributed by atoms with Crippen LogP contribution in [0.2, 0.25) is 0 Å². The van der Waals surface area contributed by atoms with Crippen LogP contribution in [0.25, 0.3) is 0 Å². The fraction of sp³-hybridized carbons (Fsp3) is 0.462. The molecule has 1 aromatic rings. The molecule has 1 aromatic carbocycles. The third-order valence-electron chi connectivity index (χ3n) is 2.43. The van der Waals surface area contributed by atoms with Crippen molar-refractivity contribution >= 4 is 5.96 Å². The summed E-state index contributed by atoms with van der Waals surface area (Å²) in [6, 6.07) is 6.49. The Morgan fingerprint density at radius 2 is 2.06 bits per heavy atom. The molecule has 1 rings (SSSR count). The van der Waals surface area contributed by atoms with Gasteiger partial charge in [0.15, 0.2) is 5.96 Å². The van der Waals surface area contributed by atoms with Crippen LogP contribution in [-0.4, -0.2) is 19.0 Å². The average Bonchev–Trinajstić information content (AvgIpc) is 2.32. The Morgan fingerprint density at radius 1 is 1.35 bits per heavy atom. The maximum Gasteiger partial charge on any atom is 0.188 e. The monoisotopic (exact) mass is 237 g/mol. The van der Waals surface area contributed by atoms with Gasteiger partial charge in [-0.3, -0.25) is 4.99 Å². The van der Waals surface area contributed by atoms with Gasteiger partial charge < -0.3 is 11.1 Å².